The number of ether oxygens (including phenoxy) is 1. The Hall–Kier alpha value is -2.98. The first-order valence-corrected chi connectivity index (χ1v) is 14.2. The van der Waals surface area contributed by atoms with Crippen LogP contribution in [-0.4, -0.2) is 34.2 Å². The lowest BCUT2D eigenvalue weighted by Crippen LogP contribution is -3.61. The Morgan fingerprint density at radius 2 is 1.81 bits per heavy atom. The molecule has 3 aromatic carbocycles. The molecular formula is C28H24ClF2IN3O2+. The van der Waals surface area contributed by atoms with Gasteiger partial charge in [-0.15, -0.1) is 0 Å². The summed E-state index contributed by atoms with van der Waals surface area (Å²) in [6.45, 7) is 2.36. The van der Waals surface area contributed by atoms with E-state index in [9.17, 15) is 13.6 Å². The van der Waals surface area contributed by atoms with Gasteiger partial charge in [0.25, 0.3) is 5.91 Å². The van der Waals surface area contributed by atoms with E-state index in [-0.39, 0.29) is 11.9 Å². The number of aryl methyl sites for hydroxylation is 1. The molecule has 0 unspecified atom stereocenters. The maximum absolute atomic E-state index is 13.9. The highest BCUT2D eigenvalue weighted by Gasteiger charge is 2.37. The van der Waals surface area contributed by atoms with Crippen LogP contribution in [0, 0.1) is 18.8 Å². The van der Waals surface area contributed by atoms with Gasteiger partial charge in [-0.2, -0.15) is 5.10 Å². The Labute approximate surface area is 229 Å². The fourth-order valence-corrected chi connectivity index (χ4v) is 7.73. The van der Waals surface area contributed by atoms with Crippen molar-refractivity contribution in [2.75, 3.05) is 13.7 Å². The number of fused-ring (bicyclic) bond motifs is 1. The topological polar surface area (TPSA) is 47.4 Å². The van der Waals surface area contributed by atoms with Gasteiger partial charge in [0.2, 0.25) is 3.57 Å². The fraction of sp³-hybridized carbons (Fsp3) is 0.214. The molecule has 1 aliphatic heterocycles. The van der Waals surface area contributed by atoms with E-state index in [0.717, 1.165) is 30.2 Å². The largest absolute Gasteiger partial charge is 0.497 e. The van der Waals surface area contributed by atoms with Gasteiger partial charge < -0.3 is 9.64 Å². The maximum atomic E-state index is 13.9. The quantitative estimate of drug-likeness (QED) is 0.318. The second-order valence-electron chi connectivity index (χ2n) is 8.77. The lowest BCUT2D eigenvalue weighted by Gasteiger charge is -2.33. The predicted octanol–water partition coefficient (Wildman–Crippen LogP) is 2.92. The third-order valence-electron chi connectivity index (χ3n) is 6.48. The van der Waals surface area contributed by atoms with Crippen LogP contribution in [0.2, 0.25) is 5.02 Å². The number of methoxy groups -OCH3 is 1. The summed E-state index contributed by atoms with van der Waals surface area (Å²) in [5, 5.41) is 5.08. The van der Waals surface area contributed by atoms with E-state index in [0.29, 0.717) is 34.8 Å². The van der Waals surface area contributed by atoms with Gasteiger partial charge in [-0.05, 0) is 61.9 Å². The van der Waals surface area contributed by atoms with E-state index < -0.39 is 32.8 Å². The average molecular weight is 635 g/mol. The minimum Gasteiger partial charge on any atom is -0.497 e. The van der Waals surface area contributed by atoms with E-state index in [4.69, 9.17) is 16.3 Å². The highest BCUT2D eigenvalue weighted by molar-refractivity contribution is 6.33. The summed E-state index contributed by atoms with van der Waals surface area (Å²) in [5.41, 5.74) is 3.23. The molecule has 5 rings (SSSR count). The fourth-order valence-electron chi connectivity index (χ4n) is 4.75. The number of carbonyl (C=O) groups excluding carboxylic acids is 1. The van der Waals surface area contributed by atoms with Crippen molar-refractivity contribution in [3.63, 3.8) is 0 Å². The Morgan fingerprint density at radius 1 is 1.11 bits per heavy atom. The number of carbonyl (C=O) groups is 1. The summed E-state index contributed by atoms with van der Waals surface area (Å²) < 4.78 is 36.9. The second kappa shape index (κ2) is 10.4. The molecule has 1 atom stereocenters. The maximum Gasteiger partial charge on any atom is 0.358 e. The summed E-state index contributed by atoms with van der Waals surface area (Å²) in [5.74, 6) is -0.645. The van der Waals surface area contributed by atoms with Crippen LogP contribution in [0.4, 0.5) is 8.78 Å². The van der Waals surface area contributed by atoms with Crippen LogP contribution in [0.25, 0.3) is 11.3 Å². The van der Waals surface area contributed by atoms with Gasteiger partial charge >= 0.3 is 21.2 Å². The van der Waals surface area contributed by atoms with Gasteiger partial charge in [-0.1, -0.05) is 17.7 Å². The molecule has 0 N–H and O–H groups in total. The van der Waals surface area contributed by atoms with Crippen molar-refractivity contribution in [3.8, 4) is 17.0 Å². The smallest absolute Gasteiger partial charge is 0.358 e. The van der Waals surface area contributed by atoms with E-state index in [1.165, 1.54) is 12.1 Å². The summed E-state index contributed by atoms with van der Waals surface area (Å²) in [6.07, 6.45) is 0.514. The molecule has 2 heterocycles. The zero-order valence-corrected chi connectivity index (χ0v) is 23.3. The Balaban J connectivity index is 1.47. The second-order valence-corrected chi connectivity index (χ2v) is 12.1. The standard InChI is InChI=1S/C28H24ClF2IN3O2/c1-16-26-22(27(34(2)33-26)17-13-18(30)15-19(31)14-17)11-12-35(16)28(36)25-23(29)5-4-6-24(25)32-20-7-9-21(37-3)10-8-20/h4-10,13-16H,11-12H2,1-3H3/q+1/t16-/m0/s1. The Kier molecular flexibility index (Phi) is 7.22. The summed E-state index contributed by atoms with van der Waals surface area (Å²) in [4.78, 5) is 15.7. The van der Waals surface area contributed by atoms with E-state index in [1.807, 2.05) is 43.3 Å². The molecule has 0 fully saturated rings. The van der Waals surface area contributed by atoms with Crippen molar-refractivity contribution in [1.29, 1.82) is 0 Å². The molecule has 0 saturated heterocycles. The number of amides is 1. The number of hydrogen-bond donors (Lipinski definition) is 0. The van der Waals surface area contributed by atoms with Crippen LogP contribution in [0.15, 0.2) is 60.7 Å². The van der Waals surface area contributed by atoms with Crippen LogP contribution in [0.5, 0.6) is 5.75 Å². The van der Waals surface area contributed by atoms with Crippen molar-refractivity contribution in [1.82, 2.24) is 14.7 Å². The first-order valence-electron chi connectivity index (χ1n) is 11.7. The highest BCUT2D eigenvalue weighted by Crippen LogP contribution is 2.37. The SMILES string of the molecule is COc1ccc([I+]c2cccc(Cl)c2C(=O)N2CCc3c(nn(C)c3-c3cc(F)cc(F)c3)[C@@H]2C)cc1. The van der Waals surface area contributed by atoms with Crippen LogP contribution in [-0.2, 0) is 13.5 Å². The van der Waals surface area contributed by atoms with Crippen LogP contribution < -0.4 is 25.9 Å². The van der Waals surface area contributed by atoms with Gasteiger partial charge in [-0.25, -0.2) is 8.78 Å². The van der Waals surface area contributed by atoms with Gasteiger partial charge in [0.15, 0.2) is 3.57 Å². The molecule has 1 amide bonds. The molecule has 0 radical (unpaired) electrons. The number of nitrogens with zero attached hydrogens (tertiary/aromatic N) is 3. The highest BCUT2D eigenvalue weighted by atomic mass is 127. The van der Waals surface area contributed by atoms with E-state index in [2.05, 4.69) is 5.10 Å². The van der Waals surface area contributed by atoms with Gasteiger partial charge in [0.1, 0.15) is 22.9 Å². The molecule has 9 heteroatoms. The molecule has 1 aliphatic rings. The van der Waals surface area contributed by atoms with Crippen LogP contribution >= 0.6 is 11.6 Å². The van der Waals surface area contributed by atoms with Crippen molar-refractivity contribution < 1.29 is 39.5 Å². The minimum atomic E-state index is -0.669. The van der Waals surface area contributed by atoms with Gasteiger partial charge in [-0.3, -0.25) is 9.48 Å². The zero-order valence-electron chi connectivity index (χ0n) is 20.4. The first kappa shape index (κ1) is 25.7. The molecular weight excluding hydrogens is 611 g/mol. The molecule has 0 saturated carbocycles. The van der Waals surface area contributed by atoms with Crippen LogP contribution in [0.3, 0.4) is 0 Å². The third-order valence-corrected chi connectivity index (χ3v) is 9.61. The number of hydrogen-bond acceptors (Lipinski definition) is 3. The third kappa shape index (κ3) is 4.96. The molecule has 190 valence electrons. The summed E-state index contributed by atoms with van der Waals surface area (Å²) in [7, 11) is 3.38. The van der Waals surface area contributed by atoms with E-state index in [1.54, 1.807) is 29.8 Å². The number of aromatic nitrogens is 2. The average Bonchev–Trinajstić information content (AvgIpc) is 3.21. The molecule has 5 nitrogen and oxygen atoms in total. The predicted molar refractivity (Wildman–Crippen MR) is 134 cm³/mol. The van der Waals surface area contributed by atoms with E-state index >= 15 is 0 Å². The van der Waals surface area contributed by atoms with Gasteiger partial charge in [0, 0.05) is 30.8 Å². The minimum absolute atomic E-state index is 0.143. The van der Waals surface area contributed by atoms with Gasteiger partial charge in [0.05, 0.1) is 29.6 Å². The molecule has 0 spiro atoms. The lowest BCUT2D eigenvalue weighted by atomic mass is 9.95. The van der Waals surface area contributed by atoms with Crippen molar-refractivity contribution in [2.24, 2.45) is 7.05 Å². The lowest BCUT2D eigenvalue weighted by molar-refractivity contribution is -0.597. The molecule has 0 bridgehead atoms. The monoisotopic (exact) mass is 634 g/mol. The summed E-state index contributed by atoms with van der Waals surface area (Å²) >= 11 is 5.94. The van der Waals surface area contributed by atoms with Crippen molar-refractivity contribution in [3.05, 3.63) is 101 Å². The van der Waals surface area contributed by atoms with Crippen molar-refractivity contribution in [2.45, 2.75) is 19.4 Å². The van der Waals surface area contributed by atoms with Crippen molar-refractivity contribution >= 4 is 17.5 Å². The normalized spacial score (nSPS) is 15.0. The first-order chi connectivity index (χ1) is 17.8. The Morgan fingerprint density at radius 3 is 2.49 bits per heavy atom. The molecule has 0 aliphatic carbocycles. The molecule has 37 heavy (non-hydrogen) atoms. The number of rotatable bonds is 5. The molecule has 4 aromatic rings. The summed E-state index contributed by atoms with van der Waals surface area (Å²) in [6, 6.07) is 16.6. The number of benzene rings is 3. The Bertz CT molecular complexity index is 1470. The molecule has 1 aromatic heterocycles. The van der Waals surface area contributed by atoms with Crippen LogP contribution in [0.1, 0.15) is 34.6 Å². The number of halogens is 4. The zero-order chi connectivity index (χ0) is 26.3.